The molecule has 2 rings (SSSR count). The van der Waals surface area contributed by atoms with Gasteiger partial charge in [-0.25, -0.2) is 0 Å². The Labute approximate surface area is 195 Å². The van der Waals surface area contributed by atoms with Crippen LogP contribution < -0.4 is 0 Å². The zero-order valence-electron chi connectivity index (χ0n) is 17.2. The highest BCUT2D eigenvalue weighted by molar-refractivity contribution is 5.20. The van der Waals surface area contributed by atoms with Crippen molar-refractivity contribution in [1.82, 2.24) is 0 Å². The number of fused-ring (bicyclic) bond motifs is 2. The highest BCUT2D eigenvalue weighted by Crippen LogP contribution is 2.67. The minimum Gasteiger partial charge on any atom is -0.199 e. The van der Waals surface area contributed by atoms with E-state index in [0.29, 0.717) is 6.08 Å². The van der Waals surface area contributed by atoms with Crippen LogP contribution in [0.25, 0.3) is 0 Å². The summed E-state index contributed by atoms with van der Waals surface area (Å²) in [5, 5.41) is 0. The molecule has 224 valence electrons. The van der Waals surface area contributed by atoms with Crippen LogP contribution in [0.1, 0.15) is 12.8 Å². The lowest BCUT2D eigenvalue weighted by Gasteiger charge is -2.45. The minimum absolute atomic E-state index is 0.471. The number of alkyl halides is 21. The van der Waals surface area contributed by atoms with Gasteiger partial charge in [0, 0.05) is 5.92 Å². The average Bonchev–Trinajstić information content (AvgIpc) is 3.35. The third-order valence-corrected chi connectivity index (χ3v) is 6.28. The van der Waals surface area contributed by atoms with Crippen LogP contribution in [0.3, 0.4) is 0 Å². The predicted molar refractivity (Wildman–Crippen MR) is 79.4 cm³/mol. The Hall–Kier alpha value is -1.73. The molecule has 0 aromatic rings. The Bertz CT molecular complexity index is 938. The molecular weight excluding hydrogens is 603 g/mol. The van der Waals surface area contributed by atoms with Gasteiger partial charge >= 0.3 is 59.5 Å². The van der Waals surface area contributed by atoms with Crippen molar-refractivity contribution in [1.29, 1.82) is 0 Å². The molecule has 0 aliphatic heterocycles. The van der Waals surface area contributed by atoms with Gasteiger partial charge in [0.1, 0.15) is 0 Å². The average molecular weight is 612 g/mol. The molecule has 3 unspecified atom stereocenters. The van der Waals surface area contributed by atoms with E-state index in [0.717, 1.165) is 6.08 Å². The van der Waals surface area contributed by atoms with Gasteiger partial charge in [0.05, 0.1) is 0 Å². The van der Waals surface area contributed by atoms with Crippen LogP contribution in [0, 0.1) is 17.8 Å². The van der Waals surface area contributed by atoms with E-state index in [2.05, 4.69) is 0 Å². The Kier molecular flexibility index (Phi) is 6.97. The third kappa shape index (κ3) is 3.63. The second kappa shape index (κ2) is 8.15. The molecule has 0 aromatic heterocycles. The van der Waals surface area contributed by atoms with Gasteiger partial charge in [-0.2, -0.15) is 92.2 Å². The molecule has 0 radical (unpaired) electrons. The summed E-state index contributed by atoms with van der Waals surface area (Å²) in [5.74, 6) is -82.2. The number of hydrogen-bond acceptors (Lipinski definition) is 0. The van der Waals surface area contributed by atoms with Crippen LogP contribution >= 0.6 is 0 Å². The zero-order chi connectivity index (χ0) is 30.6. The van der Waals surface area contributed by atoms with E-state index in [1.807, 2.05) is 0 Å². The van der Waals surface area contributed by atoms with Crippen LogP contribution in [0.4, 0.5) is 92.2 Å². The Balaban J connectivity index is 2.63. The first kappa shape index (κ1) is 32.5. The molecular formula is C17H9F21. The van der Waals surface area contributed by atoms with E-state index in [1.54, 1.807) is 0 Å². The summed E-state index contributed by atoms with van der Waals surface area (Å²) in [5.41, 5.74) is 0. The molecule has 2 aliphatic rings. The smallest absolute Gasteiger partial charge is 0.199 e. The Morgan fingerprint density at radius 2 is 0.684 bits per heavy atom. The first-order valence-corrected chi connectivity index (χ1v) is 9.47. The van der Waals surface area contributed by atoms with E-state index in [-0.39, 0.29) is 0 Å². The minimum atomic E-state index is -9.13. The van der Waals surface area contributed by atoms with E-state index < -0.39 is 90.1 Å². The molecule has 21 heteroatoms. The maximum absolute atomic E-state index is 14.3. The quantitative estimate of drug-likeness (QED) is 0.181. The van der Waals surface area contributed by atoms with E-state index in [1.165, 1.54) is 0 Å². The molecule has 0 nitrogen and oxygen atoms in total. The number of rotatable bonds is 9. The molecule has 2 aliphatic carbocycles. The highest BCUT2D eigenvalue weighted by Gasteiger charge is 2.98. The fraction of sp³-hybridized carbons (Fsp3) is 0.882. The molecule has 2 bridgehead atoms. The number of hydrogen-bond donors (Lipinski definition) is 0. The SMILES string of the molecule is FC(F)(F)C(F)(F)C(F)(F)C(F)(F)C(F)(F)C(F)(F)C(F)(F)C(F)(F)C(F)(F)C(F)(F)C1CC2C=CC1C2. The van der Waals surface area contributed by atoms with Crippen molar-refractivity contribution < 1.29 is 92.2 Å². The van der Waals surface area contributed by atoms with E-state index in [4.69, 9.17) is 0 Å². The topological polar surface area (TPSA) is 0 Å². The molecule has 0 amide bonds. The molecule has 1 fully saturated rings. The summed E-state index contributed by atoms with van der Waals surface area (Å²) >= 11 is 0. The first-order valence-electron chi connectivity index (χ1n) is 9.47. The van der Waals surface area contributed by atoms with Crippen molar-refractivity contribution in [2.75, 3.05) is 0 Å². The Morgan fingerprint density at radius 3 is 0.947 bits per heavy atom. The van der Waals surface area contributed by atoms with Gasteiger partial charge in [-0.1, -0.05) is 12.2 Å². The van der Waals surface area contributed by atoms with Crippen molar-refractivity contribution in [2.24, 2.45) is 17.8 Å². The standard InChI is InChI=1S/C17H9F21/c18-8(19,7-4-5-1-2-6(7)3-5)9(20,21)10(22,23)11(24,25)12(26,27)13(28,29)14(30,31)15(32,33)16(34,35)17(36,37)38/h1-2,5-7H,3-4H2. The van der Waals surface area contributed by atoms with Crippen molar-refractivity contribution in [3.8, 4) is 0 Å². The number of allylic oxidation sites excluding steroid dienone is 2. The summed E-state index contributed by atoms with van der Waals surface area (Å²) in [6.07, 6.45) is -7.85. The van der Waals surface area contributed by atoms with E-state index >= 15 is 0 Å². The first-order chi connectivity index (χ1) is 16.3. The monoisotopic (exact) mass is 612 g/mol. The molecule has 0 aromatic carbocycles. The van der Waals surface area contributed by atoms with Crippen molar-refractivity contribution in [3.05, 3.63) is 12.2 Å². The van der Waals surface area contributed by atoms with Crippen LogP contribution in [-0.4, -0.2) is 59.5 Å². The highest BCUT2D eigenvalue weighted by atomic mass is 19.4. The lowest BCUT2D eigenvalue weighted by molar-refractivity contribution is -0.475. The van der Waals surface area contributed by atoms with Gasteiger partial charge in [-0.05, 0) is 24.7 Å². The van der Waals surface area contributed by atoms with Gasteiger partial charge in [-0.15, -0.1) is 0 Å². The van der Waals surface area contributed by atoms with Crippen molar-refractivity contribution in [2.45, 2.75) is 72.3 Å². The zero-order valence-corrected chi connectivity index (χ0v) is 17.2. The second-order valence-corrected chi connectivity index (χ2v) is 8.60. The molecule has 38 heavy (non-hydrogen) atoms. The fourth-order valence-electron chi connectivity index (χ4n) is 4.00. The summed E-state index contributed by atoms with van der Waals surface area (Å²) in [7, 11) is 0. The maximum Gasteiger partial charge on any atom is 0.460 e. The summed E-state index contributed by atoms with van der Waals surface area (Å²) in [6, 6.07) is 0. The number of halogens is 21. The molecule has 0 saturated heterocycles. The van der Waals surface area contributed by atoms with Crippen LogP contribution in [0.5, 0.6) is 0 Å². The van der Waals surface area contributed by atoms with Gasteiger partial charge in [0.2, 0.25) is 0 Å². The fourth-order valence-corrected chi connectivity index (χ4v) is 4.00. The molecule has 1 saturated carbocycles. The molecule has 0 spiro atoms. The summed E-state index contributed by atoms with van der Waals surface area (Å²) in [6.45, 7) is 0. The van der Waals surface area contributed by atoms with Crippen LogP contribution in [0.2, 0.25) is 0 Å². The maximum atomic E-state index is 14.3. The summed E-state index contributed by atoms with van der Waals surface area (Å²) in [4.78, 5) is 0. The normalized spacial score (nSPS) is 24.9. The molecule has 0 N–H and O–H groups in total. The second-order valence-electron chi connectivity index (χ2n) is 8.60. The summed E-state index contributed by atoms with van der Waals surface area (Å²) < 4.78 is 281. The van der Waals surface area contributed by atoms with Gasteiger partial charge in [0.25, 0.3) is 0 Å². The largest absolute Gasteiger partial charge is 0.460 e. The van der Waals surface area contributed by atoms with Crippen molar-refractivity contribution >= 4 is 0 Å². The third-order valence-electron chi connectivity index (χ3n) is 6.28. The Morgan fingerprint density at radius 1 is 0.368 bits per heavy atom. The van der Waals surface area contributed by atoms with Crippen molar-refractivity contribution in [3.63, 3.8) is 0 Å². The molecule has 3 atom stereocenters. The lowest BCUT2D eigenvalue weighted by atomic mass is 9.80. The van der Waals surface area contributed by atoms with Crippen LogP contribution in [-0.2, 0) is 0 Å². The van der Waals surface area contributed by atoms with Gasteiger partial charge in [-0.3, -0.25) is 0 Å². The van der Waals surface area contributed by atoms with E-state index in [9.17, 15) is 92.2 Å². The lowest BCUT2D eigenvalue weighted by Crippen LogP contribution is -2.77. The predicted octanol–water partition coefficient (Wildman–Crippen LogP) is 8.48. The van der Waals surface area contributed by atoms with Crippen LogP contribution in [0.15, 0.2) is 12.2 Å². The van der Waals surface area contributed by atoms with Gasteiger partial charge in [0.15, 0.2) is 0 Å². The molecule has 0 heterocycles. The van der Waals surface area contributed by atoms with Gasteiger partial charge < -0.3 is 0 Å².